The largest absolute Gasteiger partial charge is 0.364 e. The molecule has 1 aliphatic heterocycles. The molecule has 3 rings (SSSR count). The van der Waals surface area contributed by atoms with E-state index >= 15 is 0 Å². The molecule has 0 unspecified atom stereocenters. The Morgan fingerprint density at radius 2 is 2.15 bits per heavy atom. The first-order chi connectivity index (χ1) is 12.2. The predicted molar refractivity (Wildman–Crippen MR) is 100 cm³/mol. The molecule has 1 aliphatic rings. The lowest BCUT2D eigenvalue weighted by molar-refractivity contribution is -0.117. The minimum absolute atomic E-state index is 0.112. The van der Waals surface area contributed by atoms with Crippen molar-refractivity contribution in [1.29, 1.82) is 0 Å². The van der Waals surface area contributed by atoms with Gasteiger partial charge in [-0.05, 0) is 30.7 Å². The van der Waals surface area contributed by atoms with Crippen molar-refractivity contribution in [3.8, 4) is 0 Å². The van der Waals surface area contributed by atoms with Crippen LogP contribution in [0.3, 0.4) is 0 Å². The number of carbonyl (C=O) groups is 2. The lowest BCUT2D eigenvalue weighted by Gasteiger charge is -2.17. The average molecular weight is 441 g/mol. The van der Waals surface area contributed by atoms with Crippen molar-refractivity contribution >= 4 is 48.7 Å². The summed E-state index contributed by atoms with van der Waals surface area (Å²) in [4.78, 5) is 25.9. The van der Waals surface area contributed by atoms with Crippen LogP contribution in [0.1, 0.15) is 16.9 Å². The minimum atomic E-state index is -3.99. The molecule has 10 heteroatoms. The Hall–Kier alpha value is -2.17. The molecule has 0 aliphatic carbocycles. The number of benzene rings is 1. The van der Waals surface area contributed by atoms with Crippen LogP contribution in [0.4, 0.5) is 0 Å². The second kappa shape index (κ2) is 6.86. The van der Waals surface area contributed by atoms with E-state index in [4.69, 9.17) is 5.73 Å². The second-order valence-corrected chi connectivity index (χ2v) is 8.74. The summed E-state index contributed by atoms with van der Waals surface area (Å²) in [6.07, 6.45) is 1.61. The normalized spacial score (nSPS) is 18.1. The highest BCUT2D eigenvalue weighted by molar-refractivity contribution is 9.10. The van der Waals surface area contributed by atoms with Crippen LogP contribution in [-0.2, 0) is 14.8 Å². The third-order valence-corrected chi connectivity index (χ3v) is 6.68. The van der Waals surface area contributed by atoms with Gasteiger partial charge in [0.1, 0.15) is 10.6 Å². The van der Waals surface area contributed by atoms with Gasteiger partial charge in [-0.3, -0.25) is 9.59 Å². The van der Waals surface area contributed by atoms with E-state index in [1.165, 1.54) is 4.31 Å². The van der Waals surface area contributed by atoms with E-state index in [0.29, 0.717) is 21.8 Å². The number of halogens is 1. The van der Waals surface area contributed by atoms with E-state index in [0.717, 1.165) is 6.08 Å². The van der Waals surface area contributed by atoms with Crippen LogP contribution in [0.2, 0.25) is 0 Å². The van der Waals surface area contributed by atoms with Gasteiger partial charge < -0.3 is 16.0 Å². The fraction of sp³-hybridized carbons (Fsp3) is 0.250. The molecule has 26 heavy (non-hydrogen) atoms. The quantitative estimate of drug-likeness (QED) is 0.601. The first-order valence-corrected chi connectivity index (χ1v) is 10.0. The molecule has 1 fully saturated rings. The van der Waals surface area contributed by atoms with Crippen LogP contribution in [0.15, 0.2) is 40.2 Å². The summed E-state index contributed by atoms with van der Waals surface area (Å²) in [5.74, 6) is -1.21. The molecule has 1 aromatic heterocycles. The summed E-state index contributed by atoms with van der Waals surface area (Å²) in [6.45, 7) is 3.72. The molecule has 0 radical (unpaired) electrons. The van der Waals surface area contributed by atoms with Crippen molar-refractivity contribution in [1.82, 2.24) is 14.6 Å². The Kier molecular flexibility index (Phi) is 4.91. The molecule has 138 valence electrons. The van der Waals surface area contributed by atoms with E-state index < -0.39 is 15.9 Å². The van der Waals surface area contributed by atoms with Gasteiger partial charge in [0.25, 0.3) is 5.91 Å². The highest BCUT2D eigenvalue weighted by Gasteiger charge is 2.37. The number of carbonyl (C=O) groups excluding carboxylic acids is 2. The summed E-state index contributed by atoms with van der Waals surface area (Å²) >= 11 is 3.31. The Morgan fingerprint density at radius 3 is 2.81 bits per heavy atom. The molecular formula is C16H17BrN4O4S. The summed E-state index contributed by atoms with van der Waals surface area (Å²) in [7, 11) is -3.99. The first kappa shape index (κ1) is 18.6. The standard InChI is InChI=1S/C16H17BrN4O4S/c1-2-13(22)19-10-5-6-21(8-10)26(24,25)15-11-7-9(17)3-4-12(11)20-14(15)16(18)23/h2-4,7,10,20H,1,5-6,8H2,(H2,18,23)(H,19,22)/t10-/m1/s1. The number of nitrogens with two attached hydrogens (primary N) is 1. The van der Waals surface area contributed by atoms with Gasteiger partial charge in [0.05, 0.1) is 0 Å². The van der Waals surface area contributed by atoms with Crippen LogP contribution in [0, 0.1) is 0 Å². The van der Waals surface area contributed by atoms with E-state index in [1.54, 1.807) is 18.2 Å². The van der Waals surface area contributed by atoms with Crippen molar-refractivity contribution in [2.45, 2.75) is 17.4 Å². The smallest absolute Gasteiger partial charge is 0.266 e. The fourth-order valence-corrected chi connectivity index (χ4v) is 5.23. The molecule has 2 aromatic rings. The highest BCUT2D eigenvalue weighted by atomic mass is 79.9. The number of nitrogens with one attached hydrogen (secondary N) is 2. The van der Waals surface area contributed by atoms with Gasteiger partial charge in [-0.1, -0.05) is 22.5 Å². The number of rotatable bonds is 5. The first-order valence-electron chi connectivity index (χ1n) is 7.78. The molecule has 4 N–H and O–H groups in total. The van der Waals surface area contributed by atoms with Gasteiger partial charge in [0.2, 0.25) is 15.9 Å². The monoisotopic (exact) mass is 440 g/mol. The summed E-state index contributed by atoms with van der Waals surface area (Å²) < 4.78 is 28.3. The number of fused-ring (bicyclic) bond motifs is 1. The number of amides is 2. The maximum absolute atomic E-state index is 13.2. The number of aromatic nitrogens is 1. The maximum atomic E-state index is 13.2. The second-order valence-electron chi connectivity index (χ2n) is 5.94. The molecule has 1 atom stereocenters. The Labute approximate surface area is 158 Å². The van der Waals surface area contributed by atoms with Gasteiger partial charge in [0, 0.05) is 34.5 Å². The summed E-state index contributed by atoms with van der Waals surface area (Å²) in [5, 5.41) is 3.07. The van der Waals surface area contributed by atoms with Gasteiger partial charge in [-0.2, -0.15) is 4.31 Å². The zero-order valence-electron chi connectivity index (χ0n) is 13.7. The number of primary amides is 1. The van der Waals surface area contributed by atoms with Crippen LogP contribution in [-0.4, -0.2) is 48.7 Å². The van der Waals surface area contributed by atoms with Crippen molar-refractivity contribution < 1.29 is 18.0 Å². The zero-order chi connectivity index (χ0) is 19.1. The predicted octanol–water partition coefficient (Wildman–Crippen LogP) is 1.09. The van der Waals surface area contributed by atoms with Gasteiger partial charge in [-0.25, -0.2) is 8.42 Å². The van der Waals surface area contributed by atoms with Crippen molar-refractivity contribution in [2.75, 3.05) is 13.1 Å². The molecule has 2 amide bonds. The number of hydrogen-bond donors (Lipinski definition) is 3. The Balaban J connectivity index is 2.03. The van der Waals surface area contributed by atoms with Crippen LogP contribution < -0.4 is 11.1 Å². The van der Waals surface area contributed by atoms with Crippen molar-refractivity contribution in [3.05, 3.63) is 41.0 Å². The van der Waals surface area contributed by atoms with Gasteiger partial charge >= 0.3 is 0 Å². The van der Waals surface area contributed by atoms with Gasteiger partial charge in [-0.15, -0.1) is 0 Å². The molecule has 0 saturated carbocycles. The van der Waals surface area contributed by atoms with Crippen LogP contribution in [0.5, 0.6) is 0 Å². The lowest BCUT2D eigenvalue weighted by Crippen LogP contribution is -2.38. The topological polar surface area (TPSA) is 125 Å². The maximum Gasteiger partial charge on any atom is 0.266 e. The molecule has 0 bridgehead atoms. The molecule has 0 spiro atoms. The number of nitrogens with zero attached hydrogens (tertiary/aromatic N) is 1. The molecule has 1 aromatic carbocycles. The van der Waals surface area contributed by atoms with Gasteiger partial charge in [0.15, 0.2) is 0 Å². The third-order valence-electron chi connectivity index (χ3n) is 4.24. The summed E-state index contributed by atoms with van der Waals surface area (Å²) in [5.41, 5.74) is 5.73. The van der Waals surface area contributed by atoms with E-state index in [1.807, 2.05) is 0 Å². The highest BCUT2D eigenvalue weighted by Crippen LogP contribution is 2.32. The van der Waals surface area contributed by atoms with Crippen molar-refractivity contribution in [3.63, 3.8) is 0 Å². The van der Waals surface area contributed by atoms with E-state index in [-0.39, 0.29) is 35.6 Å². The minimum Gasteiger partial charge on any atom is -0.364 e. The SMILES string of the molecule is C=CC(=O)N[C@@H]1CCN(S(=O)(=O)c2c(C(N)=O)[nH]c3ccc(Br)cc23)C1. The van der Waals surface area contributed by atoms with E-state index in [2.05, 4.69) is 32.8 Å². The Bertz CT molecular complexity index is 1010. The fourth-order valence-electron chi connectivity index (χ4n) is 3.03. The third kappa shape index (κ3) is 3.27. The average Bonchev–Trinajstić information content (AvgIpc) is 3.19. The lowest BCUT2D eigenvalue weighted by atomic mass is 10.2. The van der Waals surface area contributed by atoms with E-state index in [9.17, 15) is 18.0 Å². The molecule has 1 saturated heterocycles. The van der Waals surface area contributed by atoms with Crippen LogP contribution >= 0.6 is 15.9 Å². The zero-order valence-corrected chi connectivity index (χ0v) is 16.1. The number of sulfonamides is 1. The number of hydrogen-bond acceptors (Lipinski definition) is 4. The van der Waals surface area contributed by atoms with Crippen molar-refractivity contribution in [2.24, 2.45) is 5.73 Å². The number of aromatic amines is 1. The molecular weight excluding hydrogens is 424 g/mol. The van der Waals surface area contributed by atoms with Crippen LogP contribution in [0.25, 0.3) is 10.9 Å². The Morgan fingerprint density at radius 1 is 1.42 bits per heavy atom. The molecule has 8 nitrogen and oxygen atoms in total. The molecule has 2 heterocycles. The number of H-pyrrole nitrogens is 1. The summed E-state index contributed by atoms with van der Waals surface area (Å²) in [6, 6.07) is 4.71.